The Morgan fingerprint density at radius 2 is 1.72 bits per heavy atom. The second-order valence-corrected chi connectivity index (χ2v) is 13.5. The van der Waals surface area contributed by atoms with Crippen LogP contribution in [0, 0.1) is 0 Å². The van der Waals surface area contributed by atoms with Gasteiger partial charge in [0, 0.05) is 36.4 Å². The van der Waals surface area contributed by atoms with Gasteiger partial charge in [-0.1, -0.05) is 46.4 Å². The molecule has 2 amide bonds. The topological polar surface area (TPSA) is 193 Å². The first-order chi connectivity index (χ1) is 22.1. The molecule has 0 saturated carbocycles. The molecule has 3 aromatic carbocycles. The molecule has 1 unspecified atom stereocenters. The van der Waals surface area contributed by atoms with Gasteiger partial charge in [0.25, 0.3) is 16.0 Å². The van der Waals surface area contributed by atoms with E-state index in [0.717, 1.165) is 10.7 Å². The molecule has 1 atom stereocenters. The van der Waals surface area contributed by atoms with Crippen molar-refractivity contribution in [1.82, 2.24) is 5.43 Å². The van der Waals surface area contributed by atoms with Gasteiger partial charge < -0.3 is 14.8 Å². The molecule has 14 nitrogen and oxygen atoms in total. The van der Waals surface area contributed by atoms with Crippen molar-refractivity contribution in [1.29, 1.82) is 0 Å². The minimum atomic E-state index is -4.32. The number of anilines is 3. The van der Waals surface area contributed by atoms with Crippen LogP contribution in [0.2, 0.25) is 20.1 Å². The molecule has 3 N–H and O–H groups in total. The number of hydrogen-bond donors (Lipinski definition) is 3. The molecule has 0 bridgehead atoms. The maximum Gasteiger partial charge on any atom is 0.299 e. The Morgan fingerprint density at radius 1 is 1.06 bits per heavy atom. The molecule has 1 saturated heterocycles. The highest BCUT2D eigenvalue weighted by Gasteiger charge is 2.37. The Labute approximate surface area is 291 Å². The highest BCUT2D eigenvalue weighted by atomic mass is 35.5. The predicted octanol–water partition coefficient (Wildman–Crippen LogP) is 5.12. The Hall–Kier alpha value is -3.32. The van der Waals surface area contributed by atoms with E-state index in [1.807, 2.05) is 0 Å². The van der Waals surface area contributed by atoms with Crippen LogP contribution in [-0.2, 0) is 35.3 Å². The first-order valence-electron chi connectivity index (χ1n) is 13.1. The van der Waals surface area contributed by atoms with Crippen molar-refractivity contribution in [2.75, 3.05) is 41.2 Å². The number of rotatable bonds is 12. The van der Waals surface area contributed by atoms with Crippen LogP contribution >= 0.6 is 46.4 Å². The molecule has 1 fully saturated rings. The zero-order valence-electron chi connectivity index (χ0n) is 23.9. The molecule has 4 rings (SSSR count). The quantitative estimate of drug-likeness (QED) is 0.165. The number of hydrazine groups is 1. The van der Waals surface area contributed by atoms with Crippen molar-refractivity contribution >= 4 is 120 Å². The summed E-state index contributed by atoms with van der Waals surface area (Å²) in [7, 11) is -2.58. The van der Waals surface area contributed by atoms with Gasteiger partial charge in [0.15, 0.2) is 11.5 Å². The molecule has 1 heterocycles. The smallest absolute Gasteiger partial charge is 0.299 e. The third kappa shape index (κ3) is 10.1. The zero-order chi connectivity index (χ0) is 34.5. The monoisotopic (exact) mass is 763 g/mol. The third-order valence-electron chi connectivity index (χ3n) is 6.24. The fourth-order valence-electron chi connectivity index (χ4n) is 4.02. The lowest BCUT2D eigenvalue weighted by atomic mass is 10.2. The molecule has 47 heavy (non-hydrogen) atoms. The summed E-state index contributed by atoms with van der Waals surface area (Å²) in [5.41, 5.74) is 4.28. The van der Waals surface area contributed by atoms with Gasteiger partial charge >= 0.3 is 0 Å². The van der Waals surface area contributed by atoms with Crippen LogP contribution < -0.4 is 20.7 Å². The van der Waals surface area contributed by atoms with Crippen LogP contribution in [-0.4, -0.2) is 71.0 Å². The average Bonchev–Trinajstić information content (AvgIpc) is 3.26. The van der Waals surface area contributed by atoms with Crippen molar-refractivity contribution in [3.05, 3.63) is 74.7 Å². The highest BCUT2D eigenvalue weighted by Crippen LogP contribution is 2.38. The number of nitrogens with zero attached hydrogens (tertiary/aromatic N) is 4. The van der Waals surface area contributed by atoms with E-state index in [9.17, 15) is 26.8 Å². The van der Waals surface area contributed by atoms with E-state index in [1.54, 1.807) is 36.2 Å². The fourth-order valence-corrected chi connectivity index (χ4v) is 5.89. The van der Waals surface area contributed by atoms with Gasteiger partial charge in [0.1, 0.15) is 5.69 Å². The second kappa shape index (κ2) is 15.7. The largest absolute Gasteiger partial charge is 0.750 e. The molecule has 0 aromatic heterocycles. The second-order valence-electron chi connectivity index (χ2n) is 9.61. The SMILES string of the molecule is CN(CCOS(=O)[O-])c1ccc(N=C2C(=O)N(c3c(Cl)cc(Cl)cc3Cl)NC2=Nc2ccc(NC(=O)CCS(=O)(=O)O)cc2Cl)cc1. The number of amides is 2. The fraction of sp³-hybridized carbons (Fsp3) is 0.185. The highest BCUT2D eigenvalue weighted by molar-refractivity contribution is 7.85. The molecule has 0 spiro atoms. The van der Waals surface area contributed by atoms with Crippen LogP contribution in [0.4, 0.5) is 28.4 Å². The Balaban J connectivity index is 1.66. The third-order valence-corrected chi connectivity index (χ3v) is 8.42. The number of amidine groups is 1. The normalized spacial score (nSPS) is 15.6. The maximum atomic E-state index is 13.7. The predicted molar refractivity (Wildman–Crippen MR) is 182 cm³/mol. The van der Waals surface area contributed by atoms with Crippen LogP contribution in [0.3, 0.4) is 0 Å². The standard InChI is InChI=1S/C27H24Cl4N6O8S2/c1-36(9-10-45-46(40)41)18-5-2-16(3-6-18)33-24-26(35-37(27(24)39)25-20(30)12-15(28)13-21(25)31)34-22-7-4-17(14-19(22)29)32-23(38)8-11-47(42,43)44/h2-7,12-14H,8-11H2,1H3,(H,32,38)(H,34,35)(H,40,41)(H,42,43,44)/p-1. The molecular weight excluding hydrogens is 742 g/mol. The van der Waals surface area contributed by atoms with Gasteiger partial charge in [0.2, 0.25) is 5.91 Å². The maximum absolute atomic E-state index is 13.7. The zero-order valence-corrected chi connectivity index (χ0v) is 28.6. The summed E-state index contributed by atoms with van der Waals surface area (Å²) in [6, 6.07) is 13.7. The van der Waals surface area contributed by atoms with Gasteiger partial charge in [-0.15, -0.1) is 0 Å². The summed E-state index contributed by atoms with van der Waals surface area (Å²) in [6.07, 6.45) is -0.479. The first kappa shape index (κ1) is 36.5. The minimum absolute atomic E-state index is 0.0344. The average molecular weight is 765 g/mol. The van der Waals surface area contributed by atoms with Crippen LogP contribution in [0.15, 0.2) is 64.6 Å². The summed E-state index contributed by atoms with van der Waals surface area (Å²) < 4.78 is 56.5. The number of hydrogen-bond acceptors (Lipinski definition) is 10. The van der Waals surface area contributed by atoms with E-state index in [1.165, 1.54) is 30.3 Å². The number of carbonyl (C=O) groups is 2. The van der Waals surface area contributed by atoms with Crippen molar-refractivity contribution in [2.24, 2.45) is 9.98 Å². The Bertz CT molecular complexity index is 1870. The van der Waals surface area contributed by atoms with Gasteiger partial charge in [0.05, 0.1) is 50.2 Å². The van der Waals surface area contributed by atoms with E-state index in [0.29, 0.717) is 5.69 Å². The van der Waals surface area contributed by atoms with Gasteiger partial charge in [-0.2, -0.15) is 8.42 Å². The van der Waals surface area contributed by atoms with E-state index in [2.05, 4.69) is 24.9 Å². The lowest BCUT2D eigenvalue weighted by molar-refractivity contribution is -0.116. The molecule has 0 radical (unpaired) electrons. The van der Waals surface area contributed by atoms with Crippen molar-refractivity contribution < 1.29 is 35.5 Å². The van der Waals surface area contributed by atoms with Crippen molar-refractivity contribution in [3.63, 3.8) is 0 Å². The number of aliphatic imine (C=N–C) groups is 2. The molecule has 3 aromatic rings. The summed E-state index contributed by atoms with van der Waals surface area (Å²) in [6.45, 7) is 0.235. The summed E-state index contributed by atoms with van der Waals surface area (Å²) in [5, 5.41) is 3.95. The number of benzene rings is 3. The van der Waals surface area contributed by atoms with Gasteiger partial charge in [-0.25, -0.2) is 19.2 Å². The van der Waals surface area contributed by atoms with Gasteiger partial charge in [-0.3, -0.25) is 23.8 Å². The lowest BCUT2D eigenvalue weighted by Crippen LogP contribution is -2.36. The van der Waals surface area contributed by atoms with E-state index in [-0.39, 0.29) is 61.9 Å². The molecule has 1 aliphatic heterocycles. The molecule has 1 aliphatic rings. The minimum Gasteiger partial charge on any atom is -0.750 e. The van der Waals surface area contributed by atoms with Crippen LogP contribution in [0.5, 0.6) is 0 Å². The Morgan fingerprint density at radius 3 is 2.32 bits per heavy atom. The number of halogens is 4. The number of likely N-dealkylation sites (N-methyl/N-ethyl adjacent to an activating group) is 1. The summed E-state index contributed by atoms with van der Waals surface area (Å²) >= 11 is 22.7. The summed E-state index contributed by atoms with van der Waals surface area (Å²) in [5.74, 6) is -2.13. The Kier molecular flexibility index (Phi) is 12.2. The van der Waals surface area contributed by atoms with Crippen LogP contribution in [0.25, 0.3) is 0 Å². The van der Waals surface area contributed by atoms with Crippen LogP contribution in [0.1, 0.15) is 6.42 Å². The molecular formula is C27H23Cl4N6O8S2-. The number of carbonyl (C=O) groups excluding carboxylic acids is 2. The van der Waals surface area contributed by atoms with E-state index in [4.69, 9.17) is 51.0 Å². The van der Waals surface area contributed by atoms with Crippen molar-refractivity contribution in [3.8, 4) is 0 Å². The lowest BCUT2D eigenvalue weighted by Gasteiger charge is -2.19. The van der Waals surface area contributed by atoms with E-state index >= 15 is 0 Å². The van der Waals surface area contributed by atoms with Gasteiger partial charge in [-0.05, 0) is 54.6 Å². The number of nitrogens with one attached hydrogen (secondary N) is 2. The first-order valence-corrected chi connectivity index (χ1v) is 17.2. The molecule has 0 aliphatic carbocycles. The molecule has 20 heteroatoms. The molecule has 250 valence electrons. The summed E-state index contributed by atoms with van der Waals surface area (Å²) in [4.78, 5) is 36.6. The van der Waals surface area contributed by atoms with Crippen molar-refractivity contribution in [2.45, 2.75) is 6.42 Å². The van der Waals surface area contributed by atoms with E-state index < -0.39 is 45.5 Å².